The van der Waals surface area contributed by atoms with Crippen LogP contribution in [0.15, 0.2) is 83.9 Å². The van der Waals surface area contributed by atoms with Gasteiger partial charge in [0, 0.05) is 6.20 Å². The van der Waals surface area contributed by atoms with E-state index in [4.69, 9.17) is 5.14 Å². The summed E-state index contributed by atoms with van der Waals surface area (Å²) in [5.74, 6) is -0.997. The molecule has 0 aromatic heterocycles. The lowest BCUT2D eigenvalue weighted by Gasteiger charge is -2.18. The zero-order valence-corrected chi connectivity index (χ0v) is 16.6. The minimum Gasteiger partial charge on any atom is -0.289 e. The lowest BCUT2D eigenvalue weighted by Crippen LogP contribution is -2.24. The number of para-hydroxylation sites is 1. The normalized spacial score (nSPS) is 12.8. The molecule has 6 nitrogen and oxygen atoms in total. The Morgan fingerprint density at radius 1 is 0.931 bits per heavy atom. The highest BCUT2D eigenvalue weighted by atomic mass is 32.2. The van der Waals surface area contributed by atoms with Crippen molar-refractivity contribution in [2.45, 2.75) is 4.90 Å². The molecule has 0 aliphatic carbocycles. The third-order valence-corrected chi connectivity index (χ3v) is 5.65. The Balaban J connectivity index is 1.95. The fourth-order valence-corrected chi connectivity index (χ4v) is 4.01. The van der Waals surface area contributed by atoms with Gasteiger partial charge in [-0.3, -0.25) is 4.55 Å². The fourth-order valence-electron chi connectivity index (χ4n) is 2.71. The zero-order chi connectivity index (χ0) is 21.0. The number of anilines is 1. The van der Waals surface area contributed by atoms with Crippen LogP contribution >= 0.6 is 0 Å². The van der Waals surface area contributed by atoms with E-state index in [2.05, 4.69) is 0 Å². The summed E-state index contributed by atoms with van der Waals surface area (Å²) in [5, 5.41) is 5.12. The molecule has 9 heteroatoms. The van der Waals surface area contributed by atoms with Crippen molar-refractivity contribution < 1.29 is 21.6 Å². The Morgan fingerprint density at radius 2 is 1.55 bits per heavy atom. The quantitative estimate of drug-likeness (QED) is 0.579. The molecule has 3 aromatic rings. The molecule has 29 heavy (non-hydrogen) atoms. The van der Waals surface area contributed by atoms with Gasteiger partial charge in [0.25, 0.3) is 11.3 Å². The maximum atomic E-state index is 14.3. The molecule has 150 valence electrons. The highest BCUT2D eigenvalue weighted by Gasteiger charge is 2.24. The molecule has 0 aliphatic rings. The fraction of sp³-hybridized carbons (Fsp3) is 0. The van der Waals surface area contributed by atoms with E-state index < -0.39 is 37.7 Å². The highest BCUT2D eigenvalue weighted by Crippen LogP contribution is 2.29. The predicted octanol–water partition coefficient (Wildman–Crippen LogP) is 3.75. The minimum atomic E-state index is -4.31. The number of primary sulfonamides is 1. The Kier molecular flexibility index (Phi) is 6.23. The average Bonchev–Trinajstić information content (AvgIpc) is 2.69. The summed E-state index contributed by atoms with van der Waals surface area (Å²) >= 11 is -2.73. The van der Waals surface area contributed by atoms with E-state index in [0.717, 1.165) is 35.5 Å². The second kappa shape index (κ2) is 8.66. The van der Waals surface area contributed by atoms with Crippen LogP contribution in [0.3, 0.4) is 0 Å². The number of rotatable bonds is 6. The molecule has 0 radical (unpaired) electrons. The van der Waals surface area contributed by atoms with Crippen molar-refractivity contribution in [2.75, 3.05) is 4.31 Å². The minimum absolute atomic E-state index is 0.594. The second-order valence-corrected chi connectivity index (χ2v) is 8.38. The van der Waals surface area contributed by atoms with E-state index >= 15 is 0 Å². The van der Waals surface area contributed by atoms with Gasteiger partial charge in [0.15, 0.2) is 0 Å². The van der Waals surface area contributed by atoms with Crippen LogP contribution in [0.25, 0.3) is 17.2 Å². The number of nitrogens with two attached hydrogens (primary N) is 1. The summed E-state index contributed by atoms with van der Waals surface area (Å²) in [5.41, 5.74) is 2.07. The van der Waals surface area contributed by atoms with Crippen molar-refractivity contribution in [3.63, 3.8) is 0 Å². The van der Waals surface area contributed by atoms with Crippen molar-refractivity contribution in [3.8, 4) is 11.1 Å². The Hall–Kier alpha value is -2.85. The van der Waals surface area contributed by atoms with E-state index in [-0.39, 0.29) is 0 Å². The Labute approximate surface area is 170 Å². The molecular formula is C20H17FN2O4S2. The van der Waals surface area contributed by atoms with Crippen LogP contribution in [0.2, 0.25) is 0 Å². The molecule has 0 bridgehead atoms. The number of hydrogen-bond acceptors (Lipinski definition) is 3. The average molecular weight is 432 g/mol. The van der Waals surface area contributed by atoms with Gasteiger partial charge in [-0.05, 0) is 34.9 Å². The first-order valence-corrected chi connectivity index (χ1v) is 10.9. The van der Waals surface area contributed by atoms with Crippen LogP contribution in [0.1, 0.15) is 5.56 Å². The van der Waals surface area contributed by atoms with Gasteiger partial charge >= 0.3 is 0 Å². The van der Waals surface area contributed by atoms with E-state index in [1.807, 2.05) is 42.5 Å². The van der Waals surface area contributed by atoms with Crippen molar-refractivity contribution in [1.29, 1.82) is 0 Å². The first kappa shape index (κ1) is 20.9. The van der Waals surface area contributed by atoms with Crippen LogP contribution in [0, 0.1) is 5.82 Å². The topological polar surface area (TPSA) is 101 Å². The monoisotopic (exact) mass is 432 g/mol. The van der Waals surface area contributed by atoms with Gasteiger partial charge in [-0.25, -0.2) is 26.5 Å². The standard InChI is InChI=1S/C20H17FN2O4S2/c21-18-7-4-8-19(29(22,26)27)20(18)23(28(24)25)14-13-15-9-11-17(12-10-15)16-5-2-1-3-6-16/h1-14H,(H,24,25)(H2,22,26,27). The molecule has 0 amide bonds. The maximum Gasteiger partial charge on any atom is 0.266 e. The molecule has 3 N–H and O–H groups in total. The smallest absolute Gasteiger partial charge is 0.266 e. The molecule has 0 saturated heterocycles. The lowest BCUT2D eigenvalue weighted by molar-refractivity contribution is 0.560. The summed E-state index contributed by atoms with van der Waals surface area (Å²) < 4.78 is 59.8. The Morgan fingerprint density at radius 3 is 2.14 bits per heavy atom. The van der Waals surface area contributed by atoms with E-state index in [1.54, 1.807) is 12.1 Å². The molecular weight excluding hydrogens is 415 g/mol. The van der Waals surface area contributed by atoms with Gasteiger partial charge in [0.05, 0.1) is 0 Å². The molecule has 1 atom stereocenters. The van der Waals surface area contributed by atoms with Gasteiger partial charge in [-0.15, -0.1) is 0 Å². The number of sulfonamides is 1. The predicted molar refractivity (Wildman–Crippen MR) is 112 cm³/mol. The van der Waals surface area contributed by atoms with Gasteiger partial charge in [0.2, 0.25) is 10.0 Å². The summed E-state index contributed by atoms with van der Waals surface area (Å²) in [4.78, 5) is -0.594. The zero-order valence-electron chi connectivity index (χ0n) is 15.0. The van der Waals surface area contributed by atoms with Crippen LogP contribution in [-0.4, -0.2) is 17.2 Å². The third-order valence-electron chi connectivity index (χ3n) is 4.07. The molecule has 0 aliphatic heterocycles. The highest BCUT2D eigenvalue weighted by molar-refractivity contribution is 7.89. The van der Waals surface area contributed by atoms with E-state index in [1.165, 1.54) is 6.08 Å². The van der Waals surface area contributed by atoms with Crippen LogP contribution in [-0.2, 0) is 21.3 Å². The first-order chi connectivity index (χ1) is 13.8. The summed E-state index contributed by atoms with van der Waals surface area (Å²) in [6.07, 6.45) is 2.59. The van der Waals surface area contributed by atoms with Gasteiger partial charge < -0.3 is 0 Å². The van der Waals surface area contributed by atoms with E-state index in [0.29, 0.717) is 9.87 Å². The number of hydrogen-bond donors (Lipinski definition) is 2. The second-order valence-electron chi connectivity index (χ2n) is 5.99. The molecule has 0 spiro atoms. The molecule has 3 aromatic carbocycles. The van der Waals surface area contributed by atoms with Crippen LogP contribution in [0.4, 0.5) is 10.1 Å². The largest absolute Gasteiger partial charge is 0.289 e. The van der Waals surface area contributed by atoms with Gasteiger partial charge in [-0.2, -0.15) is 0 Å². The Bertz CT molecular complexity index is 1160. The summed E-state index contributed by atoms with van der Waals surface area (Å²) in [7, 11) is -4.31. The van der Waals surface area contributed by atoms with Crippen molar-refractivity contribution in [1.82, 2.24) is 0 Å². The van der Waals surface area contributed by atoms with E-state index in [9.17, 15) is 21.6 Å². The number of benzene rings is 3. The van der Waals surface area contributed by atoms with Crippen LogP contribution in [0.5, 0.6) is 0 Å². The van der Waals surface area contributed by atoms with Crippen molar-refractivity contribution in [3.05, 3.63) is 90.4 Å². The molecule has 0 heterocycles. The maximum absolute atomic E-state index is 14.3. The molecule has 1 unspecified atom stereocenters. The lowest BCUT2D eigenvalue weighted by atomic mass is 10.0. The van der Waals surface area contributed by atoms with Gasteiger partial charge in [-0.1, -0.05) is 60.7 Å². The summed E-state index contributed by atoms with van der Waals surface area (Å²) in [6, 6.07) is 20.2. The molecule has 3 rings (SSSR count). The SMILES string of the molecule is NS(=O)(=O)c1cccc(F)c1N(C=Cc1ccc(-c2ccccc2)cc1)S(=O)O. The van der Waals surface area contributed by atoms with Crippen LogP contribution < -0.4 is 9.44 Å². The molecule has 0 saturated carbocycles. The first-order valence-electron chi connectivity index (χ1n) is 8.32. The molecule has 0 fully saturated rings. The van der Waals surface area contributed by atoms with Gasteiger partial charge in [0.1, 0.15) is 16.4 Å². The summed E-state index contributed by atoms with van der Waals surface area (Å²) in [6.45, 7) is 0. The van der Waals surface area contributed by atoms with Crippen molar-refractivity contribution in [2.24, 2.45) is 5.14 Å². The number of halogens is 1. The third kappa shape index (κ3) is 4.96. The number of nitrogens with zero attached hydrogens (tertiary/aromatic N) is 1. The van der Waals surface area contributed by atoms with Crippen molar-refractivity contribution >= 4 is 33.1 Å².